The standard InChI is InChI=1S/C13H17FN2O/c1-9-5-10(3-4-12(9)14)8-16(2)13(17)11-6-15-7-11/h3-5,11,15H,6-8H2,1-2H3. The first-order valence-corrected chi connectivity index (χ1v) is 5.78. The predicted molar refractivity (Wildman–Crippen MR) is 64.0 cm³/mol. The number of carbonyl (C=O) groups excluding carboxylic acids is 1. The van der Waals surface area contributed by atoms with Crippen LogP contribution in [0.4, 0.5) is 4.39 Å². The quantitative estimate of drug-likeness (QED) is 0.858. The lowest BCUT2D eigenvalue weighted by molar-refractivity contribution is -0.136. The molecule has 0 radical (unpaired) electrons. The van der Waals surface area contributed by atoms with Gasteiger partial charge in [-0.05, 0) is 24.1 Å². The monoisotopic (exact) mass is 236 g/mol. The minimum Gasteiger partial charge on any atom is -0.341 e. The van der Waals surface area contributed by atoms with Crippen LogP contribution in [-0.4, -0.2) is 30.9 Å². The van der Waals surface area contributed by atoms with Crippen molar-refractivity contribution in [3.05, 3.63) is 35.1 Å². The molecule has 0 unspecified atom stereocenters. The summed E-state index contributed by atoms with van der Waals surface area (Å²) >= 11 is 0. The van der Waals surface area contributed by atoms with E-state index < -0.39 is 0 Å². The smallest absolute Gasteiger partial charge is 0.228 e. The molecule has 1 heterocycles. The van der Waals surface area contributed by atoms with E-state index in [1.54, 1.807) is 31.0 Å². The summed E-state index contributed by atoms with van der Waals surface area (Å²) in [5.74, 6) is 0.0678. The summed E-state index contributed by atoms with van der Waals surface area (Å²) in [7, 11) is 1.79. The summed E-state index contributed by atoms with van der Waals surface area (Å²) in [5.41, 5.74) is 1.58. The highest BCUT2D eigenvalue weighted by molar-refractivity contribution is 5.79. The number of aryl methyl sites for hydroxylation is 1. The Labute approximate surface area is 101 Å². The lowest BCUT2D eigenvalue weighted by atomic mass is 10.0. The molecule has 1 aliphatic heterocycles. The third-order valence-corrected chi connectivity index (χ3v) is 3.15. The van der Waals surface area contributed by atoms with Crippen LogP contribution in [-0.2, 0) is 11.3 Å². The number of nitrogens with one attached hydrogen (secondary N) is 1. The number of rotatable bonds is 3. The molecule has 0 spiro atoms. The normalized spacial score (nSPS) is 15.5. The average Bonchev–Trinajstić information content (AvgIpc) is 2.21. The van der Waals surface area contributed by atoms with Crippen LogP contribution in [0.1, 0.15) is 11.1 Å². The van der Waals surface area contributed by atoms with E-state index in [2.05, 4.69) is 5.32 Å². The Morgan fingerprint density at radius 2 is 2.24 bits per heavy atom. The zero-order valence-corrected chi connectivity index (χ0v) is 10.2. The van der Waals surface area contributed by atoms with E-state index in [4.69, 9.17) is 0 Å². The van der Waals surface area contributed by atoms with E-state index in [9.17, 15) is 9.18 Å². The lowest BCUT2D eigenvalue weighted by Crippen LogP contribution is -2.50. The van der Waals surface area contributed by atoms with E-state index >= 15 is 0 Å². The largest absolute Gasteiger partial charge is 0.341 e. The summed E-state index contributed by atoms with van der Waals surface area (Å²) in [6.45, 7) is 3.81. The van der Waals surface area contributed by atoms with Gasteiger partial charge in [0.1, 0.15) is 5.82 Å². The van der Waals surface area contributed by atoms with Gasteiger partial charge in [-0.3, -0.25) is 4.79 Å². The van der Waals surface area contributed by atoms with Gasteiger partial charge in [0.05, 0.1) is 5.92 Å². The van der Waals surface area contributed by atoms with Crippen molar-refractivity contribution in [2.75, 3.05) is 20.1 Å². The van der Waals surface area contributed by atoms with Crippen LogP contribution in [0.3, 0.4) is 0 Å². The second-order valence-electron chi connectivity index (χ2n) is 4.63. The Morgan fingerprint density at radius 3 is 2.76 bits per heavy atom. The molecule has 0 atom stereocenters. The summed E-state index contributed by atoms with van der Waals surface area (Å²) < 4.78 is 13.1. The van der Waals surface area contributed by atoms with Gasteiger partial charge in [0.25, 0.3) is 0 Å². The maximum Gasteiger partial charge on any atom is 0.228 e. The Bertz CT molecular complexity index is 429. The fraction of sp³-hybridized carbons (Fsp3) is 0.462. The highest BCUT2D eigenvalue weighted by atomic mass is 19.1. The zero-order valence-electron chi connectivity index (χ0n) is 10.2. The number of amides is 1. The van der Waals surface area contributed by atoms with Gasteiger partial charge in [-0.15, -0.1) is 0 Å². The second-order valence-corrected chi connectivity index (χ2v) is 4.63. The Kier molecular flexibility index (Phi) is 3.43. The molecule has 1 saturated heterocycles. The topological polar surface area (TPSA) is 32.3 Å². The minimum atomic E-state index is -0.203. The Morgan fingerprint density at radius 1 is 1.53 bits per heavy atom. The molecule has 0 aliphatic carbocycles. The fourth-order valence-corrected chi connectivity index (χ4v) is 1.93. The van der Waals surface area contributed by atoms with Crippen LogP contribution >= 0.6 is 0 Å². The van der Waals surface area contributed by atoms with Crippen LogP contribution in [0.5, 0.6) is 0 Å². The molecule has 3 nitrogen and oxygen atoms in total. The van der Waals surface area contributed by atoms with Crippen molar-refractivity contribution < 1.29 is 9.18 Å². The van der Waals surface area contributed by atoms with Crippen molar-refractivity contribution in [3.63, 3.8) is 0 Å². The van der Waals surface area contributed by atoms with Crippen LogP contribution in [0.2, 0.25) is 0 Å². The molecule has 1 N–H and O–H groups in total. The molecule has 0 bridgehead atoms. The summed E-state index contributed by atoms with van der Waals surface area (Å²) in [4.78, 5) is 13.6. The summed E-state index contributed by atoms with van der Waals surface area (Å²) in [5, 5.41) is 3.08. The molecule has 1 aliphatic rings. The van der Waals surface area contributed by atoms with E-state index in [0.717, 1.165) is 18.7 Å². The van der Waals surface area contributed by atoms with Crippen LogP contribution in [0.15, 0.2) is 18.2 Å². The first-order chi connectivity index (χ1) is 8.08. The number of hydrogen-bond acceptors (Lipinski definition) is 2. The number of hydrogen-bond donors (Lipinski definition) is 1. The second kappa shape index (κ2) is 4.84. The number of halogens is 1. The van der Waals surface area contributed by atoms with Gasteiger partial charge in [-0.25, -0.2) is 4.39 Å². The third-order valence-electron chi connectivity index (χ3n) is 3.15. The van der Waals surface area contributed by atoms with Crippen molar-refractivity contribution in [1.29, 1.82) is 0 Å². The van der Waals surface area contributed by atoms with E-state index in [-0.39, 0.29) is 17.6 Å². The summed E-state index contributed by atoms with van der Waals surface area (Å²) in [6.07, 6.45) is 0. The first kappa shape index (κ1) is 12.0. The van der Waals surface area contributed by atoms with Gasteiger partial charge < -0.3 is 10.2 Å². The average molecular weight is 236 g/mol. The zero-order chi connectivity index (χ0) is 12.4. The van der Waals surface area contributed by atoms with Crippen molar-refractivity contribution in [1.82, 2.24) is 10.2 Å². The first-order valence-electron chi connectivity index (χ1n) is 5.78. The van der Waals surface area contributed by atoms with Gasteiger partial charge in [-0.1, -0.05) is 12.1 Å². The minimum absolute atomic E-state index is 0.113. The molecule has 17 heavy (non-hydrogen) atoms. The van der Waals surface area contributed by atoms with Gasteiger partial charge in [0.2, 0.25) is 5.91 Å². The van der Waals surface area contributed by atoms with Crippen molar-refractivity contribution in [2.24, 2.45) is 5.92 Å². The molecule has 92 valence electrons. The maximum atomic E-state index is 13.1. The summed E-state index contributed by atoms with van der Waals surface area (Å²) in [6, 6.07) is 4.97. The van der Waals surface area contributed by atoms with Gasteiger partial charge in [-0.2, -0.15) is 0 Å². The molecule has 1 amide bonds. The van der Waals surface area contributed by atoms with Crippen molar-refractivity contribution in [3.8, 4) is 0 Å². The number of benzene rings is 1. The van der Waals surface area contributed by atoms with Crippen LogP contribution in [0, 0.1) is 18.7 Å². The van der Waals surface area contributed by atoms with Gasteiger partial charge >= 0.3 is 0 Å². The molecule has 1 fully saturated rings. The van der Waals surface area contributed by atoms with E-state index in [0.29, 0.717) is 12.1 Å². The van der Waals surface area contributed by atoms with Crippen molar-refractivity contribution in [2.45, 2.75) is 13.5 Å². The molecular weight excluding hydrogens is 219 g/mol. The number of nitrogens with zero attached hydrogens (tertiary/aromatic N) is 1. The lowest BCUT2D eigenvalue weighted by Gasteiger charge is -2.30. The van der Waals surface area contributed by atoms with Gasteiger partial charge in [0, 0.05) is 26.7 Å². The molecule has 0 aromatic heterocycles. The third kappa shape index (κ3) is 2.64. The molecule has 2 rings (SSSR count). The fourth-order valence-electron chi connectivity index (χ4n) is 1.93. The van der Waals surface area contributed by atoms with E-state index in [1.807, 2.05) is 0 Å². The molecule has 0 saturated carbocycles. The molecule has 4 heteroatoms. The SMILES string of the molecule is Cc1cc(CN(C)C(=O)C2CNC2)ccc1F. The van der Waals surface area contributed by atoms with Crippen molar-refractivity contribution >= 4 is 5.91 Å². The Balaban J connectivity index is 1.99. The molecule has 1 aromatic rings. The maximum absolute atomic E-state index is 13.1. The highest BCUT2D eigenvalue weighted by Gasteiger charge is 2.27. The highest BCUT2D eigenvalue weighted by Crippen LogP contribution is 2.13. The number of carbonyl (C=O) groups is 1. The van der Waals surface area contributed by atoms with E-state index in [1.165, 1.54) is 6.07 Å². The molecule has 1 aromatic carbocycles. The Hall–Kier alpha value is -1.42. The van der Waals surface area contributed by atoms with Crippen LogP contribution in [0.25, 0.3) is 0 Å². The van der Waals surface area contributed by atoms with Gasteiger partial charge in [0.15, 0.2) is 0 Å². The predicted octanol–water partition coefficient (Wildman–Crippen LogP) is 1.31. The van der Waals surface area contributed by atoms with Crippen LogP contribution < -0.4 is 5.32 Å². The molecular formula is C13H17FN2O.